The maximum Gasteiger partial charge on any atom is 0.261 e. The molecule has 3 aromatic rings. The molecule has 0 aromatic heterocycles. The van der Waals surface area contributed by atoms with Crippen molar-refractivity contribution in [1.82, 2.24) is 0 Å². The maximum atomic E-state index is 12.6. The van der Waals surface area contributed by atoms with Gasteiger partial charge in [-0.1, -0.05) is 71.8 Å². The first-order valence-electron chi connectivity index (χ1n) is 8.06. The summed E-state index contributed by atoms with van der Waals surface area (Å²) >= 11 is 5.89. The van der Waals surface area contributed by atoms with E-state index in [1.165, 1.54) is 0 Å². The van der Waals surface area contributed by atoms with Crippen molar-refractivity contribution in [2.24, 2.45) is 0 Å². The normalized spacial score (nSPS) is 11.6. The van der Waals surface area contributed by atoms with Crippen molar-refractivity contribution in [2.75, 3.05) is 4.72 Å². The monoisotopic (exact) mass is 383 g/mol. The topological polar surface area (TPSA) is 46.2 Å². The van der Waals surface area contributed by atoms with Crippen molar-refractivity contribution in [1.29, 1.82) is 0 Å². The van der Waals surface area contributed by atoms with Gasteiger partial charge in [0.05, 0.1) is 10.6 Å². The molecule has 3 rings (SSSR count). The summed E-state index contributed by atoms with van der Waals surface area (Å²) in [6.45, 7) is 1.92. The molecule has 0 amide bonds. The van der Waals surface area contributed by atoms with Gasteiger partial charge < -0.3 is 0 Å². The van der Waals surface area contributed by atoms with Crippen LogP contribution in [0.1, 0.15) is 16.7 Å². The van der Waals surface area contributed by atoms with Gasteiger partial charge in [-0.3, -0.25) is 4.72 Å². The highest BCUT2D eigenvalue weighted by atomic mass is 35.5. The summed E-state index contributed by atoms with van der Waals surface area (Å²) in [5.41, 5.74) is 3.29. The minimum Gasteiger partial charge on any atom is -0.279 e. The molecule has 0 unspecified atom stereocenters. The van der Waals surface area contributed by atoms with Crippen molar-refractivity contribution >= 4 is 39.5 Å². The Kier molecular flexibility index (Phi) is 5.45. The smallest absolute Gasteiger partial charge is 0.261 e. The van der Waals surface area contributed by atoms with E-state index >= 15 is 0 Å². The lowest BCUT2D eigenvalue weighted by Gasteiger charge is -2.11. The molecule has 132 valence electrons. The average molecular weight is 384 g/mol. The van der Waals surface area contributed by atoms with E-state index in [0.717, 1.165) is 16.7 Å². The summed E-state index contributed by atoms with van der Waals surface area (Å²) in [4.78, 5) is 0.236. The van der Waals surface area contributed by atoms with Gasteiger partial charge in [0, 0.05) is 5.02 Å². The quantitative estimate of drug-likeness (QED) is 0.581. The Bertz CT molecular complexity index is 1020. The van der Waals surface area contributed by atoms with Crippen LogP contribution in [0.3, 0.4) is 0 Å². The minimum atomic E-state index is -3.64. The summed E-state index contributed by atoms with van der Waals surface area (Å²) in [5.74, 6) is 0. The number of halogens is 1. The Labute approximate surface area is 159 Å². The van der Waals surface area contributed by atoms with E-state index in [-0.39, 0.29) is 4.90 Å². The Morgan fingerprint density at radius 2 is 1.50 bits per heavy atom. The van der Waals surface area contributed by atoms with Crippen molar-refractivity contribution in [2.45, 2.75) is 11.8 Å². The van der Waals surface area contributed by atoms with Gasteiger partial charge in [-0.25, -0.2) is 8.42 Å². The molecule has 0 aliphatic heterocycles. The van der Waals surface area contributed by atoms with Gasteiger partial charge in [0.1, 0.15) is 0 Å². The molecule has 0 heterocycles. The molecule has 0 spiro atoms. The molecule has 0 atom stereocenters. The van der Waals surface area contributed by atoms with Crippen LogP contribution in [-0.2, 0) is 10.0 Å². The van der Waals surface area contributed by atoms with Crippen molar-refractivity contribution < 1.29 is 8.42 Å². The van der Waals surface area contributed by atoms with E-state index in [1.807, 2.05) is 55.5 Å². The number of para-hydroxylation sites is 1. The van der Waals surface area contributed by atoms with Crippen LogP contribution in [-0.4, -0.2) is 8.42 Å². The number of benzene rings is 3. The average Bonchev–Trinajstić information content (AvgIpc) is 2.62. The lowest BCUT2D eigenvalue weighted by Crippen LogP contribution is -2.13. The van der Waals surface area contributed by atoms with E-state index in [4.69, 9.17) is 11.6 Å². The number of hydrogen-bond acceptors (Lipinski definition) is 2. The molecule has 3 nitrogen and oxygen atoms in total. The summed E-state index contributed by atoms with van der Waals surface area (Å²) < 4.78 is 27.9. The Morgan fingerprint density at radius 1 is 0.846 bits per heavy atom. The molecule has 0 aliphatic rings. The largest absolute Gasteiger partial charge is 0.279 e. The van der Waals surface area contributed by atoms with Gasteiger partial charge in [0.25, 0.3) is 10.0 Å². The number of sulfonamides is 1. The van der Waals surface area contributed by atoms with Crippen LogP contribution in [0.15, 0.2) is 77.7 Å². The van der Waals surface area contributed by atoms with E-state index in [2.05, 4.69) is 4.72 Å². The van der Waals surface area contributed by atoms with E-state index in [0.29, 0.717) is 10.7 Å². The fraction of sp³-hybridized carbons (Fsp3) is 0.0476. The molecule has 1 N–H and O–H groups in total. The molecule has 0 radical (unpaired) electrons. The molecule has 0 saturated heterocycles. The Balaban J connectivity index is 1.87. The highest BCUT2D eigenvalue weighted by molar-refractivity contribution is 7.92. The van der Waals surface area contributed by atoms with Gasteiger partial charge in [-0.05, 0) is 48.4 Å². The number of nitrogens with one attached hydrogen (secondary N) is 1. The van der Waals surface area contributed by atoms with E-state index in [9.17, 15) is 8.42 Å². The highest BCUT2D eigenvalue weighted by Crippen LogP contribution is 2.22. The van der Waals surface area contributed by atoms with Crippen LogP contribution in [0, 0.1) is 6.92 Å². The van der Waals surface area contributed by atoms with Gasteiger partial charge in [0.2, 0.25) is 0 Å². The van der Waals surface area contributed by atoms with Crippen molar-refractivity contribution in [3.05, 3.63) is 94.5 Å². The number of rotatable bonds is 5. The first kappa shape index (κ1) is 18.2. The fourth-order valence-corrected chi connectivity index (χ4v) is 3.63. The second-order valence-electron chi connectivity index (χ2n) is 5.89. The SMILES string of the molecule is Cc1ccc(S(=O)(=O)Nc2ccccc2C=Cc2ccc(Cl)cc2)cc1. The standard InChI is InChI=1S/C21H18ClNO2S/c1-16-6-14-20(15-7-16)26(24,25)23-21-5-3-2-4-18(21)11-8-17-9-12-19(22)13-10-17/h2-15,23H,1H3. The van der Waals surface area contributed by atoms with Crippen LogP contribution >= 0.6 is 11.6 Å². The van der Waals surface area contributed by atoms with Crippen LogP contribution in [0.4, 0.5) is 5.69 Å². The van der Waals surface area contributed by atoms with Crippen LogP contribution in [0.25, 0.3) is 12.2 Å². The summed E-state index contributed by atoms with van der Waals surface area (Å²) in [5, 5.41) is 0.674. The number of anilines is 1. The van der Waals surface area contributed by atoms with Gasteiger partial charge in [-0.15, -0.1) is 0 Å². The first-order chi connectivity index (χ1) is 12.4. The van der Waals surface area contributed by atoms with Gasteiger partial charge in [0.15, 0.2) is 0 Å². The summed E-state index contributed by atoms with van der Waals surface area (Å²) in [6, 6.07) is 21.5. The van der Waals surface area contributed by atoms with E-state index < -0.39 is 10.0 Å². The lowest BCUT2D eigenvalue weighted by molar-refractivity contribution is 0.601. The van der Waals surface area contributed by atoms with Crippen molar-refractivity contribution in [3.8, 4) is 0 Å². The number of hydrogen-bond donors (Lipinski definition) is 1. The predicted molar refractivity (Wildman–Crippen MR) is 109 cm³/mol. The third-order valence-corrected chi connectivity index (χ3v) is 5.50. The Morgan fingerprint density at radius 3 is 2.19 bits per heavy atom. The summed E-state index contributed by atoms with van der Waals surface area (Å²) in [7, 11) is -3.64. The molecule has 0 saturated carbocycles. The maximum absolute atomic E-state index is 12.6. The predicted octanol–water partition coefficient (Wildman–Crippen LogP) is 5.62. The highest BCUT2D eigenvalue weighted by Gasteiger charge is 2.14. The van der Waals surface area contributed by atoms with Crippen LogP contribution < -0.4 is 4.72 Å². The van der Waals surface area contributed by atoms with Crippen LogP contribution in [0.2, 0.25) is 5.02 Å². The third kappa shape index (κ3) is 4.54. The zero-order chi connectivity index (χ0) is 18.6. The van der Waals surface area contributed by atoms with E-state index in [1.54, 1.807) is 36.4 Å². The minimum absolute atomic E-state index is 0.236. The van der Waals surface area contributed by atoms with Crippen LogP contribution in [0.5, 0.6) is 0 Å². The zero-order valence-corrected chi connectivity index (χ0v) is 15.8. The zero-order valence-electron chi connectivity index (χ0n) is 14.2. The molecular formula is C21H18ClNO2S. The van der Waals surface area contributed by atoms with Gasteiger partial charge in [-0.2, -0.15) is 0 Å². The fourth-order valence-electron chi connectivity index (χ4n) is 2.42. The Hall–Kier alpha value is -2.56. The second kappa shape index (κ2) is 7.77. The molecule has 0 bridgehead atoms. The molecule has 26 heavy (non-hydrogen) atoms. The van der Waals surface area contributed by atoms with Gasteiger partial charge >= 0.3 is 0 Å². The van der Waals surface area contributed by atoms with Crippen molar-refractivity contribution in [3.63, 3.8) is 0 Å². The second-order valence-corrected chi connectivity index (χ2v) is 8.01. The lowest BCUT2D eigenvalue weighted by atomic mass is 10.1. The third-order valence-electron chi connectivity index (χ3n) is 3.86. The molecule has 0 fully saturated rings. The molecular weight excluding hydrogens is 366 g/mol. The molecule has 5 heteroatoms. The number of aryl methyl sites for hydroxylation is 1. The first-order valence-corrected chi connectivity index (χ1v) is 9.92. The molecule has 3 aromatic carbocycles. The molecule has 0 aliphatic carbocycles. The summed E-state index contributed by atoms with van der Waals surface area (Å²) in [6.07, 6.45) is 3.78.